The second kappa shape index (κ2) is 9.29. The number of hydrogen-bond acceptors (Lipinski definition) is 6. The van der Waals surface area contributed by atoms with Gasteiger partial charge in [-0.2, -0.15) is 0 Å². The van der Waals surface area contributed by atoms with Gasteiger partial charge in [-0.1, -0.05) is 6.07 Å². The molecule has 3 saturated heterocycles. The number of carbonyl (C=O) groups excluding carboxylic acids is 1. The highest BCUT2D eigenvalue weighted by atomic mass is 32.2. The third-order valence-corrected chi connectivity index (χ3v) is 9.41. The summed E-state index contributed by atoms with van der Waals surface area (Å²) in [5.41, 5.74) is 1.68. The van der Waals surface area contributed by atoms with E-state index in [9.17, 15) is 9.00 Å². The minimum atomic E-state index is -0.631. The van der Waals surface area contributed by atoms with Crippen LogP contribution in [0.5, 0.6) is 0 Å². The van der Waals surface area contributed by atoms with Gasteiger partial charge in [0.2, 0.25) is 0 Å². The highest BCUT2D eigenvalue weighted by Crippen LogP contribution is 2.47. The number of aromatic nitrogens is 1. The highest BCUT2D eigenvalue weighted by Gasteiger charge is 2.51. The van der Waals surface area contributed by atoms with E-state index in [1.165, 1.54) is 24.8 Å². The van der Waals surface area contributed by atoms with Crippen molar-refractivity contribution in [3.05, 3.63) is 23.9 Å². The Bertz CT molecular complexity index is 841. The topological polar surface area (TPSA) is 66.0 Å². The van der Waals surface area contributed by atoms with Crippen molar-refractivity contribution in [3.63, 3.8) is 0 Å². The molecule has 1 saturated carbocycles. The lowest BCUT2D eigenvalue weighted by molar-refractivity contribution is -0.00294. The summed E-state index contributed by atoms with van der Waals surface area (Å²) in [5, 5.41) is 0. The first-order valence-electron chi connectivity index (χ1n) is 12.3. The van der Waals surface area contributed by atoms with Crippen LogP contribution in [0.4, 0.5) is 10.6 Å². The Hall–Kier alpha value is -1.67. The minimum Gasteiger partial charge on any atom is -0.450 e. The van der Waals surface area contributed by atoms with Gasteiger partial charge in [0.25, 0.3) is 0 Å². The molecule has 8 heteroatoms. The number of anilines is 1. The van der Waals surface area contributed by atoms with E-state index in [-0.39, 0.29) is 6.09 Å². The van der Waals surface area contributed by atoms with E-state index in [2.05, 4.69) is 21.9 Å². The number of piperazine rings is 1. The second-order valence-corrected chi connectivity index (χ2v) is 11.7. The van der Waals surface area contributed by atoms with Crippen LogP contribution < -0.4 is 4.90 Å². The Balaban J connectivity index is 1.15. The van der Waals surface area contributed by atoms with Crippen LogP contribution in [0.15, 0.2) is 18.3 Å². The molecule has 176 valence electrons. The van der Waals surface area contributed by atoms with Crippen LogP contribution in [-0.2, 0) is 15.5 Å². The maximum Gasteiger partial charge on any atom is 0.409 e. The molecule has 1 spiro atoms. The number of pyridine rings is 1. The predicted molar refractivity (Wildman–Crippen MR) is 127 cm³/mol. The van der Waals surface area contributed by atoms with Crippen molar-refractivity contribution in [2.24, 2.45) is 5.41 Å². The van der Waals surface area contributed by atoms with Gasteiger partial charge in [-0.15, -0.1) is 0 Å². The summed E-state index contributed by atoms with van der Waals surface area (Å²) in [6, 6.07) is 4.93. The van der Waals surface area contributed by atoms with Crippen LogP contribution >= 0.6 is 0 Å². The van der Waals surface area contributed by atoms with E-state index in [1.54, 1.807) is 0 Å². The number of hydrogen-bond donors (Lipinski definition) is 0. The van der Waals surface area contributed by atoms with Crippen molar-refractivity contribution in [1.29, 1.82) is 0 Å². The predicted octanol–water partition coefficient (Wildman–Crippen LogP) is 2.84. The van der Waals surface area contributed by atoms with E-state index < -0.39 is 10.8 Å². The number of rotatable bonds is 4. The summed E-state index contributed by atoms with van der Waals surface area (Å²) in [7, 11) is -0.631. The largest absolute Gasteiger partial charge is 0.450 e. The standard InChI is InChI=1S/C24H36N4O3S/c1-2-31-23(29)28-17-24(18-28)8-5-20(16-24)26-10-12-27(13-11-26)22-21(4-3-9-25-22)19-6-14-32(30)15-7-19/h3-4,9,19-20H,2,5-8,10-18H2,1H3. The summed E-state index contributed by atoms with van der Waals surface area (Å²) >= 11 is 0. The molecule has 1 amide bonds. The maximum atomic E-state index is 11.9. The Morgan fingerprint density at radius 1 is 1.19 bits per heavy atom. The lowest BCUT2D eigenvalue weighted by Gasteiger charge is -2.48. The van der Waals surface area contributed by atoms with E-state index >= 15 is 0 Å². The molecule has 3 aliphatic heterocycles. The first-order chi connectivity index (χ1) is 15.6. The van der Waals surface area contributed by atoms with Crippen LogP contribution in [0.3, 0.4) is 0 Å². The van der Waals surface area contributed by atoms with Gasteiger partial charge in [0, 0.05) is 79.2 Å². The molecule has 4 aliphatic rings. The Labute approximate surface area is 193 Å². The molecule has 0 aromatic carbocycles. The normalized spacial score (nSPS) is 30.3. The Morgan fingerprint density at radius 2 is 1.94 bits per heavy atom. The molecule has 0 bridgehead atoms. The van der Waals surface area contributed by atoms with Gasteiger partial charge < -0.3 is 14.5 Å². The number of likely N-dealkylation sites (tertiary alicyclic amines) is 1. The molecule has 1 aromatic rings. The van der Waals surface area contributed by atoms with Gasteiger partial charge in [-0.05, 0) is 56.6 Å². The molecule has 0 N–H and O–H groups in total. The van der Waals surface area contributed by atoms with Crippen molar-refractivity contribution in [1.82, 2.24) is 14.8 Å². The lowest BCUT2D eigenvalue weighted by atomic mass is 9.78. The van der Waals surface area contributed by atoms with Crippen molar-refractivity contribution >= 4 is 22.7 Å². The van der Waals surface area contributed by atoms with Crippen LogP contribution in [0.25, 0.3) is 0 Å². The van der Waals surface area contributed by atoms with Gasteiger partial charge in [0.05, 0.1) is 6.61 Å². The first-order valence-corrected chi connectivity index (χ1v) is 13.8. The molecular weight excluding hydrogens is 424 g/mol. The molecule has 5 rings (SSSR count). The molecule has 1 atom stereocenters. The van der Waals surface area contributed by atoms with Crippen molar-refractivity contribution in [2.45, 2.75) is 51.0 Å². The van der Waals surface area contributed by atoms with Gasteiger partial charge in [-0.3, -0.25) is 9.11 Å². The molecular formula is C24H36N4O3S. The van der Waals surface area contributed by atoms with E-state index in [4.69, 9.17) is 9.72 Å². The van der Waals surface area contributed by atoms with Crippen LogP contribution in [0.1, 0.15) is 50.5 Å². The number of carbonyl (C=O) groups is 1. The molecule has 32 heavy (non-hydrogen) atoms. The van der Waals surface area contributed by atoms with Gasteiger partial charge >= 0.3 is 6.09 Å². The van der Waals surface area contributed by atoms with Crippen LogP contribution in [0, 0.1) is 5.41 Å². The first kappa shape index (κ1) is 22.1. The van der Waals surface area contributed by atoms with Gasteiger partial charge in [0.15, 0.2) is 0 Å². The second-order valence-electron chi connectivity index (χ2n) is 10.0. The molecule has 1 aliphatic carbocycles. The van der Waals surface area contributed by atoms with E-state index in [0.717, 1.165) is 69.4 Å². The lowest BCUT2D eigenvalue weighted by Crippen LogP contribution is -2.58. The summed E-state index contributed by atoms with van der Waals surface area (Å²) in [6.07, 6.45) is 7.46. The summed E-state index contributed by atoms with van der Waals surface area (Å²) < 4.78 is 16.9. The molecule has 4 heterocycles. The number of ether oxygens (including phenoxy) is 1. The third-order valence-electron chi connectivity index (χ3n) is 8.03. The summed E-state index contributed by atoms with van der Waals surface area (Å²) in [6.45, 7) is 8.23. The van der Waals surface area contributed by atoms with E-state index in [0.29, 0.717) is 24.0 Å². The zero-order valence-electron chi connectivity index (χ0n) is 19.2. The van der Waals surface area contributed by atoms with Gasteiger partial charge in [0.1, 0.15) is 5.82 Å². The summed E-state index contributed by atoms with van der Waals surface area (Å²) in [5.74, 6) is 3.29. The average Bonchev–Trinajstić information content (AvgIpc) is 3.25. The molecule has 1 aromatic heterocycles. The van der Waals surface area contributed by atoms with Crippen LogP contribution in [0.2, 0.25) is 0 Å². The molecule has 0 radical (unpaired) electrons. The molecule has 4 fully saturated rings. The Morgan fingerprint density at radius 3 is 2.66 bits per heavy atom. The zero-order chi connectivity index (χ0) is 22.1. The van der Waals surface area contributed by atoms with Gasteiger partial charge in [-0.25, -0.2) is 9.78 Å². The quantitative estimate of drug-likeness (QED) is 0.688. The average molecular weight is 461 g/mol. The maximum absolute atomic E-state index is 11.9. The van der Waals surface area contributed by atoms with Crippen molar-refractivity contribution < 1.29 is 13.7 Å². The fraction of sp³-hybridized carbons (Fsp3) is 0.750. The monoisotopic (exact) mass is 460 g/mol. The number of nitrogens with zero attached hydrogens (tertiary/aromatic N) is 4. The van der Waals surface area contributed by atoms with Crippen molar-refractivity contribution in [2.75, 3.05) is 62.3 Å². The zero-order valence-corrected chi connectivity index (χ0v) is 20.0. The molecule has 1 unspecified atom stereocenters. The molecule has 7 nitrogen and oxygen atoms in total. The van der Waals surface area contributed by atoms with Crippen LogP contribution in [-0.4, -0.2) is 88.5 Å². The number of amides is 1. The minimum absolute atomic E-state index is 0.148. The fourth-order valence-corrected chi connectivity index (χ4v) is 7.58. The third kappa shape index (κ3) is 4.40. The van der Waals surface area contributed by atoms with Crippen molar-refractivity contribution in [3.8, 4) is 0 Å². The Kier molecular flexibility index (Phi) is 6.43. The van der Waals surface area contributed by atoms with E-state index in [1.807, 2.05) is 18.0 Å². The SMILES string of the molecule is CCOC(=O)N1CC2(CCC(N3CCN(c4ncccc4C4CCS(=O)CC4)CC3)C2)C1. The highest BCUT2D eigenvalue weighted by molar-refractivity contribution is 7.85. The summed E-state index contributed by atoms with van der Waals surface area (Å²) in [4.78, 5) is 23.7. The smallest absolute Gasteiger partial charge is 0.409 e. The fourth-order valence-electron chi connectivity index (χ4n) is 6.28.